The molecule has 3 heteroatoms. The van der Waals surface area contributed by atoms with E-state index in [1.165, 1.54) is 5.56 Å². The maximum atomic E-state index is 5.89. The Morgan fingerprint density at radius 1 is 1.33 bits per heavy atom. The predicted octanol–water partition coefficient (Wildman–Crippen LogP) is 4.00. The summed E-state index contributed by atoms with van der Waals surface area (Å²) in [7, 11) is 0. The Bertz CT molecular complexity index is 592. The molecule has 90 valence electrons. The van der Waals surface area contributed by atoms with Gasteiger partial charge in [-0.05, 0) is 35.4 Å². The van der Waals surface area contributed by atoms with E-state index in [0.717, 1.165) is 21.8 Å². The Labute approximate surface area is 111 Å². The van der Waals surface area contributed by atoms with Crippen molar-refractivity contribution >= 4 is 17.7 Å². The summed E-state index contributed by atoms with van der Waals surface area (Å²) in [5, 5.41) is 0.733. The second-order valence-corrected chi connectivity index (χ2v) is 4.69. The van der Waals surface area contributed by atoms with Crippen LogP contribution < -0.4 is 0 Å². The highest BCUT2D eigenvalue weighted by Crippen LogP contribution is 2.35. The van der Waals surface area contributed by atoms with Crippen LogP contribution in [0.2, 0.25) is 5.02 Å². The van der Waals surface area contributed by atoms with Gasteiger partial charge < -0.3 is 4.74 Å². The van der Waals surface area contributed by atoms with Crippen LogP contribution in [0.5, 0.6) is 0 Å². The number of pyridine rings is 1. The van der Waals surface area contributed by atoms with Crippen molar-refractivity contribution in [2.24, 2.45) is 0 Å². The van der Waals surface area contributed by atoms with Crippen LogP contribution in [0.25, 0.3) is 6.08 Å². The van der Waals surface area contributed by atoms with Crippen LogP contribution in [0.1, 0.15) is 28.5 Å². The number of ether oxygens (including phenoxy) is 1. The molecule has 0 spiro atoms. The summed E-state index contributed by atoms with van der Waals surface area (Å²) < 4.78 is 5.83. The van der Waals surface area contributed by atoms with Gasteiger partial charge in [-0.3, -0.25) is 4.98 Å². The van der Waals surface area contributed by atoms with Crippen molar-refractivity contribution in [2.75, 3.05) is 0 Å². The summed E-state index contributed by atoms with van der Waals surface area (Å²) in [5.41, 5.74) is 4.29. The van der Waals surface area contributed by atoms with Gasteiger partial charge >= 0.3 is 0 Å². The van der Waals surface area contributed by atoms with Gasteiger partial charge in [-0.1, -0.05) is 30.3 Å². The molecule has 0 amide bonds. The highest BCUT2D eigenvalue weighted by molar-refractivity contribution is 6.30. The van der Waals surface area contributed by atoms with Gasteiger partial charge in [-0.25, -0.2) is 0 Å². The lowest BCUT2D eigenvalue weighted by Crippen LogP contribution is -1.98. The zero-order valence-corrected chi connectivity index (χ0v) is 10.5. The van der Waals surface area contributed by atoms with E-state index in [-0.39, 0.29) is 6.10 Å². The standard InChI is InChI=1S/C15H12ClNO/c1-2-13-7-11-9-18-15(14(11)8-17-13)10-3-5-12(16)6-4-10/h2-8,15H,1,9H2. The van der Waals surface area contributed by atoms with Gasteiger partial charge in [0.15, 0.2) is 0 Å². The predicted molar refractivity (Wildman–Crippen MR) is 72.4 cm³/mol. The molecule has 0 bridgehead atoms. The van der Waals surface area contributed by atoms with E-state index in [0.29, 0.717) is 6.61 Å². The van der Waals surface area contributed by atoms with Gasteiger partial charge in [0.2, 0.25) is 0 Å². The summed E-state index contributed by atoms with van der Waals surface area (Å²) in [6, 6.07) is 9.76. The van der Waals surface area contributed by atoms with Crippen LogP contribution in [0.3, 0.4) is 0 Å². The van der Waals surface area contributed by atoms with Gasteiger partial charge in [-0.15, -0.1) is 0 Å². The van der Waals surface area contributed by atoms with E-state index >= 15 is 0 Å². The van der Waals surface area contributed by atoms with E-state index in [2.05, 4.69) is 11.6 Å². The molecule has 1 aliphatic heterocycles. The van der Waals surface area contributed by atoms with E-state index in [1.54, 1.807) is 6.08 Å². The molecule has 0 saturated carbocycles. The zero-order valence-electron chi connectivity index (χ0n) is 9.77. The second-order valence-electron chi connectivity index (χ2n) is 4.25. The fourth-order valence-electron chi connectivity index (χ4n) is 2.18. The molecule has 0 aliphatic carbocycles. The van der Waals surface area contributed by atoms with Gasteiger partial charge in [0.05, 0.1) is 12.3 Å². The second kappa shape index (κ2) is 4.56. The Hall–Kier alpha value is -1.64. The first kappa shape index (κ1) is 11.5. The smallest absolute Gasteiger partial charge is 0.110 e. The Balaban J connectivity index is 1.99. The fourth-order valence-corrected chi connectivity index (χ4v) is 2.30. The highest BCUT2D eigenvalue weighted by atomic mass is 35.5. The first-order chi connectivity index (χ1) is 8.78. The van der Waals surface area contributed by atoms with E-state index < -0.39 is 0 Å². The van der Waals surface area contributed by atoms with Crippen molar-refractivity contribution < 1.29 is 4.74 Å². The molecule has 1 aromatic carbocycles. The normalized spacial score (nSPS) is 17.5. The molecule has 2 nitrogen and oxygen atoms in total. The fraction of sp³-hybridized carbons (Fsp3) is 0.133. The van der Waals surface area contributed by atoms with Crippen molar-refractivity contribution in [3.8, 4) is 0 Å². The minimum atomic E-state index is -0.0383. The van der Waals surface area contributed by atoms with Gasteiger partial charge in [-0.2, -0.15) is 0 Å². The molecule has 0 radical (unpaired) electrons. The molecule has 1 atom stereocenters. The maximum absolute atomic E-state index is 5.89. The molecular weight excluding hydrogens is 246 g/mol. The average molecular weight is 258 g/mol. The third-order valence-electron chi connectivity index (χ3n) is 3.12. The van der Waals surface area contributed by atoms with E-state index in [4.69, 9.17) is 16.3 Å². The third-order valence-corrected chi connectivity index (χ3v) is 3.37. The number of rotatable bonds is 2. The number of hydrogen-bond donors (Lipinski definition) is 0. The van der Waals surface area contributed by atoms with Crippen molar-refractivity contribution in [3.63, 3.8) is 0 Å². The summed E-state index contributed by atoms with van der Waals surface area (Å²) in [6.07, 6.45) is 3.58. The topological polar surface area (TPSA) is 22.1 Å². The van der Waals surface area contributed by atoms with Crippen LogP contribution in [0.15, 0.2) is 43.1 Å². The monoisotopic (exact) mass is 257 g/mol. The minimum Gasteiger partial charge on any atom is -0.364 e. The summed E-state index contributed by atoms with van der Waals surface area (Å²) in [6.45, 7) is 4.34. The number of halogens is 1. The van der Waals surface area contributed by atoms with Crippen LogP contribution >= 0.6 is 11.6 Å². The van der Waals surface area contributed by atoms with Crippen LogP contribution in [-0.4, -0.2) is 4.98 Å². The molecule has 0 fully saturated rings. The largest absolute Gasteiger partial charge is 0.364 e. The summed E-state index contributed by atoms with van der Waals surface area (Å²) >= 11 is 5.89. The lowest BCUT2D eigenvalue weighted by Gasteiger charge is -2.11. The van der Waals surface area contributed by atoms with Gasteiger partial charge in [0.1, 0.15) is 6.10 Å². The maximum Gasteiger partial charge on any atom is 0.110 e. The molecule has 0 saturated heterocycles. The van der Waals surface area contributed by atoms with Crippen LogP contribution in [0, 0.1) is 0 Å². The average Bonchev–Trinajstić information content (AvgIpc) is 2.82. The molecule has 0 N–H and O–H groups in total. The molecular formula is C15H12ClNO. The lowest BCUT2D eigenvalue weighted by atomic mass is 10.0. The van der Waals surface area contributed by atoms with Gasteiger partial charge in [0, 0.05) is 16.8 Å². The summed E-state index contributed by atoms with van der Waals surface area (Å²) in [4.78, 5) is 4.34. The van der Waals surface area contributed by atoms with Crippen molar-refractivity contribution in [3.05, 3.63) is 70.5 Å². The van der Waals surface area contributed by atoms with E-state index in [1.807, 2.05) is 36.5 Å². The molecule has 1 aromatic heterocycles. The van der Waals surface area contributed by atoms with Crippen molar-refractivity contribution in [1.29, 1.82) is 0 Å². The zero-order chi connectivity index (χ0) is 12.5. The first-order valence-electron chi connectivity index (χ1n) is 5.76. The Morgan fingerprint density at radius 3 is 2.83 bits per heavy atom. The van der Waals surface area contributed by atoms with E-state index in [9.17, 15) is 0 Å². The number of fused-ring (bicyclic) bond motifs is 1. The Kier molecular flexibility index (Phi) is 2.90. The summed E-state index contributed by atoms with van der Waals surface area (Å²) in [5.74, 6) is 0. The molecule has 2 heterocycles. The molecule has 18 heavy (non-hydrogen) atoms. The Morgan fingerprint density at radius 2 is 2.11 bits per heavy atom. The molecule has 3 rings (SSSR count). The van der Waals surface area contributed by atoms with Crippen molar-refractivity contribution in [2.45, 2.75) is 12.7 Å². The number of benzene rings is 1. The number of nitrogens with zero attached hydrogens (tertiary/aromatic N) is 1. The van der Waals surface area contributed by atoms with Crippen LogP contribution in [0.4, 0.5) is 0 Å². The quantitative estimate of drug-likeness (QED) is 0.811. The lowest BCUT2D eigenvalue weighted by molar-refractivity contribution is 0.0938. The molecule has 1 aliphatic rings. The first-order valence-corrected chi connectivity index (χ1v) is 6.14. The van der Waals surface area contributed by atoms with Gasteiger partial charge in [0.25, 0.3) is 0 Å². The van der Waals surface area contributed by atoms with Crippen LogP contribution in [-0.2, 0) is 11.3 Å². The minimum absolute atomic E-state index is 0.0383. The highest BCUT2D eigenvalue weighted by Gasteiger charge is 2.25. The van der Waals surface area contributed by atoms with Crippen molar-refractivity contribution in [1.82, 2.24) is 4.98 Å². The third kappa shape index (κ3) is 1.94. The molecule has 1 unspecified atom stereocenters. The molecule has 2 aromatic rings. The SMILES string of the molecule is C=Cc1cc2c(cn1)C(c1ccc(Cl)cc1)OC2. The number of hydrogen-bond acceptors (Lipinski definition) is 2. The number of aromatic nitrogens is 1.